The molecule has 0 bridgehead atoms. The summed E-state index contributed by atoms with van der Waals surface area (Å²) < 4.78 is 41.1. The lowest BCUT2D eigenvalue weighted by atomic mass is 10.1. The fourth-order valence-electron chi connectivity index (χ4n) is 2.75. The molecule has 0 heterocycles. The van der Waals surface area contributed by atoms with Gasteiger partial charge in [-0.3, -0.25) is 9.52 Å². The van der Waals surface area contributed by atoms with Gasteiger partial charge in [0.1, 0.15) is 5.82 Å². The van der Waals surface area contributed by atoms with Gasteiger partial charge in [-0.2, -0.15) is 0 Å². The standard InChI is InChI=1S/C19H22FN3O3S/c1-12-10-14(8-9-16(12)20)27(25,26)23-18-5-3-2-4-15(18)19(24)22-11-17(21)13-6-7-13/h2-5,8-10,13,17,23H,6-7,11,21H2,1H3,(H,22,24). The summed E-state index contributed by atoms with van der Waals surface area (Å²) in [5.74, 6) is -0.443. The van der Waals surface area contributed by atoms with Gasteiger partial charge in [0.05, 0.1) is 16.1 Å². The van der Waals surface area contributed by atoms with Crippen LogP contribution >= 0.6 is 0 Å². The Bertz CT molecular complexity index is 958. The lowest BCUT2D eigenvalue weighted by molar-refractivity contribution is 0.0951. The summed E-state index contributed by atoms with van der Waals surface area (Å²) in [6.07, 6.45) is 2.15. The average molecular weight is 391 g/mol. The van der Waals surface area contributed by atoms with Crippen LogP contribution < -0.4 is 15.8 Å². The maximum Gasteiger partial charge on any atom is 0.261 e. The second-order valence-corrected chi connectivity index (χ2v) is 8.46. The Morgan fingerprint density at radius 1 is 1.26 bits per heavy atom. The number of nitrogens with two attached hydrogens (primary N) is 1. The van der Waals surface area contributed by atoms with Gasteiger partial charge in [-0.05, 0) is 61.6 Å². The molecule has 1 fully saturated rings. The minimum Gasteiger partial charge on any atom is -0.350 e. The monoisotopic (exact) mass is 391 g/mol. The first-order chi connectivity index (χ1) is 12.8. The molecular weight excluding hydrogens is 369 g/mol. The summed E-state index contributed by atoms with van der Waals surface area (Å²) in [5.41, 5.74) is 6.56. The van der Waals surface area contributed by atoms with E-state index in [4.69, 9.17) is 5.73 Å². The third-order valence-electron chi connectivity index (χ3n) is 4.58. The Morgan fingerprint density at radius 3 is 2.63 bits per heavy atom. The van der Waals surface area contributed by atoms with E-state index >= 15 is 0 Å². The summed E-state index contributed by atoms with van der Waals surface area (Å²) in [6.45, 7) is 1.82. The molecule has 2 aromatic rings. The Kier molecular flexibility index (Phi) is 5.48. The number of hydrogen-bond acceptors (Lipinski definition) is 4. The van der Waals surface area contributed by atoms with E-state index in [0.717, 1.165) is 18.9 Å². The molecule has 0 aromatic heterocycles. The highest BCUT2D eigenvalue weighted by molar-refractivity contribution is 7.92. The number of hydrogen-bond donors (Lipinski definition) is 3. The number of aryl methyl sites for hydroxylation is 1. The highest BCUT2D eigenvalue weighted by Gasteiger charge is 2.28. The van der Waals surface area contributed by atoms with Crippen molar-refractivity contribution in [2.24, 2.45) is 11.7 Å². The number of anilines is 1. The molecule has 0 saturated heterocycles. The van der Waals surface area contributed by atoms with Gasteiger partial charge in [-0.15, -0.1) is 0 Å². The van der Waals surface area contributed by atoms with Crippen molar-refractivity contribution >= 4 is 21.6 Å². The van der Waals surface area contributed by atoms with Crippen LogP contribution in [0.4, 0.5) is 10.1 Å². The summed E-state index contributed by atoms with van der Waals surface area (Å²) >= 11 is 0. The average Bonchev–Trinajstić information content (AvgIpc) is 3.47. The van der Waals surface area contributed by atoms with Crippen molar-refractivity contribution < 1.29 is 17.6 Å². The molecule has 2 aromatic carbocycles. The molecule has 0 aliphatic heterocycles. The molecule has 1 aliphatic carbocycles. The number of sulfonamides is 1. The van der Waals surface area contributed by atoms with Crippen LogP contribution in [0.5, 0.6) is 0 Å². The first kappa shape index (κ1) is 19.3. The van der Waals surface area contributed by atoms with E-state index in [1.165, 1.54) is 31.2 Å². The number of halogens is 1. The summed E-state index contributed by atoms with van der Waals surface area (Å²) in [7, 11) is -3.96. The van der Waals surface area contributed by atoms with Crippen LogP contribution in [-0.4, -0.2) is 26.9 Å². The SMILES string of the molecule is Cc1cc(S(=O)(=O)Nc2ccccc2C(=O)NCC(N)C2CC2)ccc1F. The number of amides is 1. The Hall–Kier alpha value is -2.45. The number of carbonyl (C=O) groups is 1. The van der Waals surface area contributed by atoms with Crippen LogP contribution in [0.1, 0.15) is 28.8 Å². The third-order valence-corrected chi connectivity index (χ3v) is 5.94. The zero-order valence-corrected chi connectivity index (χ0v) is 15.7. The van der Waals surface area contributed by atoms with E-state index in [0.29, 0.717) is 12.5 Å². The lowest BCUT2D eigenvalue weighted by Gasteiger charge is -2.15. The Labute approximate surface area is 158 Å². The van der Waals surface area contributed by atoms with Crippen molar-refractivity contribution in [2.75, 3.05) is 11.3 Å². The van der Waals surface area contributed by atoms with E-state index in [1.54, 1.807) is 12.1 Å². The van der Waals surface area contributed by atoms with Crippen molar-refractivity contribution in [1.29, 1.82) is 0 Å². The fraction of sp³-hybridized carbons (Fsp3) is 0.316. The fourth-order valence-corrected chi connectivity index (χ4v) is 3.92. The number of para-hydroxylation sites is 1. The number of nitrogens with one attached hydrogen (secondary N) is 2. The highest BCUT2D eigenvalue weighted by Crippen LogP contribution is 2.31. The molecule has 6 nitrogen and oxygen atoms in total. The van der Waals surface area contributed by atoms with E-state index in [1.807, 2.05) is 0 Å². The van der Waals surface area contributed by atoms with Crippen molar-refractivity contribution in [3.05, 3.63) is 59.4 Å². The summed E-state index contributed by atoms with van der Waals surface area (Å²) in [4.78, 5) is 12.4. The van der Waals surface area contributed by atoms with E-state index in [-0.39, 0.29) is 27.8 Å². The van der Waals surface area contributed by atoms with Crippen LogP contribution in [0.3, 0.4) is 0 Å². The number of carbonyl (C=O) groups excluding carboxylic acids is 1. The quantitative estimate of drug-likeness (QED) is 0.675. The highest BCUT2D eigenvalue weighted by atomic mass is 32.2. The van der Waals surface area contributed by atoms with Gasteiger partial charge < -0.3 is 11.1 Å². The van der Waals surface area contributed by atoms with Crippen LogP contribution in [0.15, 0.2) is 47.4 Å². The minimum atomic E-state index is -3.96. The van der Waals surface area contributed by atoms with Crippen molar-refractivity contribution in [3.8, 4) is 0 Å². The van der Waals surface area contributed by atoms with Gasteiger partial charge in [0, 0.05) is 12.6 Å². The number of rotatable bonds is 7. The normalized spacial score (nSPS) is 15.2. The summed E-state index contributed by atoms with van der Waals surface area (Å²) in [6, 6.07) is 9.74. The maximum absolute atomic E-state index is 13.4. The molecule has 8 heteroatoms. The van der Waals surface area contributed by atoms with Crippen molar-refractivity contribution in [1.82, 2.24) is 5.32 Å². The van der Waals surface area contributed by atoms with Crippen LogP contribution in [0, 0.1) is 18.7 Å². The first-order valence-corrected chi connectivity index (χ1v) is 10.2. The van der Waals surface area contributed by atoms with E-state index in [9.17, 15) is 17.6 Å². The summed E-state index contributed by atoms with van der Waals surface area (Å²) in [5, 5.41) is 2.75. The minimum absolute atomic E-state index is 0.0765. The van der Waals surface area contributed by atoms with Crippen molar-refractivity contribution in [3.63, 3.8) is 0 Å². The maximum atomic E-state index is 13.4. The smallest absolute Gasteiger partial charge is 0.261 e. The lowest BCUT2D eigenvalue weighted by Crippen LogP contribution is -2.38. The van der Waals surface area contributed by atoms with Gasteiger partial charge in [0.25, 0.3) is 15.9 Å². The van der Waals surface area contributed by atoms with Crippen LogP contribution in [0.2, 0.25) is 0 Å². The molecule has 1 unspecified atom stereocenters. The molecule has 27 heavy (non-hydrogen) atoms. The molecule has 1 aliphatic rings. The molecule has 0 radical (unpaired) electrons. The first-order valence-electron chi connectivity index (χ1n) is 8.70. The third kappa shape index (κ3) is 4.64. The van der Waals surface area contributed by atoms with Crippen molar-refractivity contribution in [2.45, 2.75) is 30.7 Å². The zero-order valence-electron chi connectivity index (χ0n) is 14.9. The molecule has 4 N–H and O–H groups in total. The van der Waals surface area contributed by atoms with Crippen LogP contribution in [0.25, 0.3) is 0 Å². The molecule has 144 valence electrons. The van der Waals surface area contributed by atoms with Crippen LogP contribution in [-0.2, 0) is 10.0 Å². The van der Waals surface area contributed by atoms with Gasteiger partial charge >= 0.3 is 0 Å². The molecule has 0 spiro atoms. The zero-order chi connectivity index (χ0) is 19.6. The second kappa shape index (κ2) is 7.66. The Balaban J connectivity index is 1.78. The Morgan fingerprint density at radius 2 is 1.96 bits per heavy atom. The van der Waals surface area contributed by atoms with Gasteiger partial charge in [-0.1, -0.05) is 12.1 Å². The number of benzene rings is 2. The molecular formula is C19H22FN3O3S. The van der Waals surface area contributed by atoms with Gasteiger partial charge in [0.2, 0.25) is 0 Å². The van der Waals surface area contributed by atoms with E-state index in [2.05, 4.69) is 10.0 Å². The van der Waals surface area contributed by atoms with E-state index < -0.39 is 21.7 Å². The molecule has 1 amide bonds. The van der Waals surface area contributed by atoms with Gasteiger partial charge in [-0.25, -0.2) is 12.8 Å². The van der Waals surface area contributed by atoms with Gasteiger partial charge in [0.15, 0.2) is 0 Å². The molecule has 1 saturated carbocycles. The molecule has 1 atom stereocenters. The predicted molar refractivity (Wildman–Crippen MR) is 101 cm³/mol. The second-order valence-electron chi connectivity index (χ2n) is 6.77. The topological polar surface area (TPSA) is 101 Å². The molecule has 3 rings (SSSR count). The predicted octanol–water partition coefficient (Wildman–Crippen LogP) is 2.40. The largest absolute Gasteiger partial charge is 0.350 e.